The van der Waals surface area contributed by atoms with Crippen molar-refractivity contribution in [1.82, 2.24) is 14.8 Å². The molecule has 4 rings (SSSR count). The smallest absolute Gasteiger partial charge is 0.475 e. The van der Waals surface area contributed by atoms with Crippen LogP contribution in [0.1, 0.15) is 40.7 Å². The molecule has 34 heavy (non-hydrogen) atoms. The number of hydrogen-bond donors (Lipinski definition) is 1. The molecule has 1 spiro atoms. The zero-order valence-electron chi connectivity index (χ0n) is 18.7. The highest BCUT2D eigenvalue weighted by Crippen LogP contribution is 2.41. The van der Waals surface area contributed by atoms with E-state index in [-0.39, 0.29) is 11.8 Å². The zero-order chi connectivity index (χ0) is 24.9. The van der Waals surface area contributed by atoms with Crippen molar-refractivity contribution in [2.45, 2.75) is 38.9 Å². The van der Waals surface area contributed by atoms with Crippen LogP contribution in [0.5, 0.6) is 0 Å². The maximum Gasteiger partial charge on any atom is 0.490 e. The van der Waals surface area contributed by atoms with Gasteiger partial charge >= 0.3 is 12.1 Å². The second-order valence-corrected chi connectivity index (χ2v) is 8.56. The van der Waals surface area contributed by atoms with Crippen LogP contribution in [0.3, 0.4) is 0 Å². The van der Waals surface area contributed by atoms with Crippen molar-refractivity contribution in [3.8, 4) is 0 Å². The quantitative estimate of drug-likeness (QED) is 0.729. The van der Waals surface area contributed by atoms with E-state index in [2.05, 4.69) is 4.98 Å². The number of pyridine rings is 1. The van der Waals surface area contributed by atoms with E-state index in [0.717, 1.165) is 49.0 Å². The van der Waals surface area contributed by atoms with Crippen LogP contribution in [0.25, 0.3) is 0 Å². The van der Waals surface area contributed by atoms with Gasteiger partial charge in [-0.2, -0.15) is 13.2 Å². The molecule has 0 radical (unpaired) electrons. The number of halogens is 3. The number of carboxylic acids is 1. The number of hydrogen-bond acceptors (Lipinski definition) is 4. The molecule has 0 saturated carbocycles. The molecule has 1 aromatic carbocycles. The number of aryl methyl sites for hydroxylation is 1. The Labute approximate surface area is 195 Å². The van der Waals surface area contributed by atoms with E-state index in [1.807, 2.05) is 53.1 Å². The van der Waals surface area contributed by atoms with Crippen molar-refractivity contribution >= 4 is 17.8 Å². The number of carboxylic acid groups (broad SMARTS) is 1. The maximum atomic E-state index is 13.2. The van der Waals surface area contributed by atoms with E-state index >= 15 is 0 Å². The first-order valence-corrected chi connectivity index (χ1v) is 10.9. The van der Waals surface area contributed by atoms with Crippen LogP contribution in [0, 0.1) is 12.3 Å². The first kappa shape index (κ1) is 25.2. The van der Waals surface area contributed by atoms with E-state index in [4.69, 9.17) is 9.90 Å². The molecular formula is C24H26F3N3O4. The molecule has 1 aromatic heterocycles. The van der Waals surface area contributed by atoms with E-state index in [0.29, 0.717) is 13.1 Å². The van der Waals surface area contributed by atoms with Crippen LogP contribution >= 0.6 is 0 Å². The monoisotopic (exact) mass is 477 g/mol. The highest BCUT2D eigenvalue weighted by atomic mass is 19.4. The van der Waals surface area contributed by atoms with Crippen LogP contribution < -0.4 is 0 Å². The Kier molecular flexibility index (Phi) is 7.58. The molecule has 182 valence electrons. The van der Waals surface area contributed by atoms with Gasteiger partial charge in [0.25, 0.3) is 5.91 Å². The summed E-state index contributed by atoms with van der Waals surface area (Å²) in [5.41, 5.74) is 2.41. The van der Waals surface area contributed by atoms with Gasteiger partial charge in [-0.1, -0.05) is 18.2 Å². The third-order valence-electron chi connectivity index (χ3n) is 6.21. The number of aliphatic carboxylic acids is 1. The fourth-order valence-corrected chi connectivity index (χ4v) is 4.42. The number of benzene rings is 1. The molecule has 7 nitrogen and oxygen atoms in total. The number of alkyl halides is 3. The first-order valence-electron chi connectivity index (χ1n) is 10.9. The Morgan fingerprint density at radius 2 is 1.74 bits per heavy atom. The summed E-state index contributed by atoms with van der Waals surface area (Å²) in [6.45, 7) is 4.60. The highest BCUT2D eigenvalue weighted by Gasteiger charge is 2.49. The molecule has 0 aliphatic carbocycles. The topological polar surface area (TPSA) is 90.8 Å². The predicted octanol–water partition coefficient (Wildman–Crippen LogP) is 3.68. The van der Waals surface area contributed by atoms with E-state index in [1.165, 1.54) is 0 Å². The highest BCUT2D eigenvalue weighted by molar-refractivity contribution is 5.96. The van der Waals surface area contributed by atoms with Crippen molar-refractivity contribution in [2.24, 2.45) is 5.41 Å². The molecule has 2 amide bonds. The number of amides is 2. The molecule has 2 fully saturated rings. The number of piperidine rings is 1. The van der Waals surface area contributed by atoms with Crippen molar-refractivity contribution in [3.05, 3.63) is 65.5 Å². The zero-order valence-corrected chi connectivity index (χ0v) is 18.7. The van der Waals surface area contributed by atoms with Gasteiger partial charge in [0.15, 0.2) is 0 Å². The Morgan fingerprint density at radius 1 is 1.09 bits per heavy atom. The summed E-state index contributed by atoms with van der Waals surface area (Å²) in [6.07, 6.45) is 1.01. The lowest BCUT2D eigenvalue weighted by molar-refractivity contribution is -0.192. The maximum absolute atomic E-state index is 13.2. The number of carbonyl (C=O) groups is 3. The second-order valence-electron chi connectivity index (χ2n) is 8.56. The van der Waals surface area contributed by atoms with Gasteiger partial charge in [-0.25, -0.2) is 4.79 Å². The average molecular weight is 477 g/mol. The van der Waals surface area contributed by atoms with Crippen LogP contribution in [0.15, 0.2) is 48.8 Å². The van der Waals surface area contributed by atoms with E-state index in [1.54, 1.807) is 12.4 Å². The normalized spacial score (nSPS) is 20.2. The Morgan fingerprint density at radius 3 is 2.35 bits per heavy atom. The molecule has 2 aromatic rings. The van der Waals surface area contributed by atoms with Crippen molar-refractivity contribution in [1.29, 1.82) is 0 Å². The van der Waals surface area contributed by atoms with Gasteiger partial charge in [-0.05, 0) is 55.5 Å². The number of nitrogens with zero attached hydrogens (tertiary/aromatic N) is 3. The van der Waals surface area contributed by atoms with Crippen LogP contribution in [-0.4, -0.2) is 63.5 Å². The summed E-state index contributed by atoms with van der Waals surface area (Å²) >= 11 is 0. The standard InChI is InChI=1S/C22H25N3O2.C2HF3O2/c1-17-5-2-3-6-19(17)20(26)25-13-4-9-22(16-25)10-14-24(21(22)27)15-18-7-11-23-12-8-18;3-2(4,5)1(6)7/h2-3,5-8,11-12H,4,9-10,13-16H2,1H3;(H,6,7). The number of likely N-dealkylation sites (tertiary alicyclic amines) is 2. The fourth-order valence-electron chi connectivity index (χ4n) is 4.42. The van der Waals surface area contributed by atoms with E-state index in [9.17, 15) is 22.8 Å². The van der Waals surface area contributed by atoms with E-state index < -0.39 is 17.6 Å². The van der Waals surface area contributed by atoms with Gasteiger partial charge in [-0.3, -0.25) is 14.6 Å². The molecule has 1 N–H and O–H groups in total. The largest absolute Gasteiger partial charge is 0.490 e. The number of rotatable bonds is 3. The van der Waals surface area contributed by atoms with Crippen molar-refractivity contribution in [3.63, 3.8) is 0 Å². The van der Waals surface area contributed by atoms with Crippen molar-refractivity contribution in [2.75, 3.05) is 19.6 Å². The Hall–Kier alpha value is -3.43. The molecule has 1 unspecified atom stereocenters. The Balaban J connectivity index is 0.000000406. The molecular weight excluding hydrogens is 451 g/mol. The van der Waals surface area contributed by atoms with Gasteiger partial charge in [0.05, 0.1) is 5.41 Å². The lowest BCUT2D eigenvalue weighted by atomic mass is 9.78. The summed E-state index contributed by atoms with van der Waals surface area (Å²) in [6, 6.07) is 11.6. The first-order chi connectivity index (χ1) is 16.0. The minimum Gasteiger partial charge on any atom is -0.475 e. The lowest BCUT2D eigenvalue weighted by Gasteiger charge is -2.39. The number of carbonyl (C=O) groups excluding carboxylic acids is 2. The minimum atomic E-state index is -5.08. The van der Waals surface area contributed by atoms with Gasteiger partial charge in [-0.15, -0.1) is 0 Å². The van der Waals surface area contributed by atoms with Gasteiger partial charge < -0.3 is 14.9 Å². The molecule has 2 saturated heterocycles. The van der Waals surface area contributed by atoms with Gasteiger partial charge in [0, 0.05) is 44.1 Å². The number of aromatic nitrogens is 1. The Bertz CT molecular complexity index is 1050. The lowest BCUT2D eigenvalue weighted by Crippen LogP contribution is -2.49. The minimum absolute atomic E-state index is 0.0487. The van der Waals surface area contributed by atoms with Crippen LogP contribution in [0.4, 0.5) is 13.2 Å². The summed E-state index contributed by atoms with van der Waals surface area (Å²) in [7, 11) is 0. The summed E-state index contributed by atoms with van der Waals surface area (Å²) < 4.78 is 31.7. The summed E-state index contributed by atoms with van der Waals surface area (Å²) in [5, 5.41) is 7.12. The molecule has 2 aliphatic rings. The van der Waals surface area contributed by atoms with Crippen LogP contribution in [0.2, 0.25) is 0 Å². The molecule has 2 aliphatic heterocycles. The second kappa shape index (κ2) is 10.2. The SMILES string of the molecule is Cc1ccccc1C(=O)N1CCCC2(CCN(Cc3ccncc3)C2=O)C1.O=C(O)C(F)(F)F. The van der Waals surface area contributed by atoms with Crippen LogP contribution in [-0.2, 0) is 16.1 Å². The third kappa shape index (κ3) is 5.73. The summed E-state index contributed by atoms with van der Waals surface area (Å²) in [4.78, 5) is 43.0. The fraction of sp³-hybridized carbons (Fsp3) is 0.417. The van der Waals surface area contributed by atoms with Crippen molar-refractivity contribution < 1.29 is 32.7 Å². The summed E-state index contributed by atoms with van der Waals surface area (Å²) in [5.74, 6) is -2.51. The molecule has 1 atom stereocenters. The van der Waals surface area contributed by atoms with Gasteiger partial charge in [0.2, 0.25) is 5.91 Å². The third-order valence-corrected chi connectivity index (χ3v) is 6.21. The average Bonchev–Trinajstić information content (AvgIpc) is 3.09. The van der Waals surface area contributed by atoms with Gasteiger partial charge in [0.1, 0.15) is 0 Å². The molecule has 0 bridgehead atoms. The molecule has 3 heterocycles. The predicted molar refractivity (Wildman–Crippen MR) is 117 cm³/mol. The molecule has 10 heteroatoms.